The van der Waals surface area contributed by atoms with Crippen LogP contribution in [0.3, 0.4) is 0 Å². The van der Waals surface area contributed by atoms with Crippen LogP contribution in [0.25, 0.3) is 0 Å². The summed E-state index contributed by atoms with van der Waals surface area (Å²) >= 11 is 0. The summed E-state index contributed by atoms with van der Waals surface area (Å²) in [7, 11) is 0. The minimum atomic E-state index is -0.567. The standard InChI is InChI=1S/C17H23NO3/c1-12-6-7-13(2)17(9-12)21-11-15(19)10-18-14(3)16-5-4-8-20-16/h4-9,14-15,18-19H,10-11H2,1-3H3. The Morgan fingerprint density at radius 3 is 2.81 bits per heavy atom. The zero-order chi connectivity index (χ0) is 15.2. The Morgan fingerprint density at radius 2 is 2.10 bits per heavy atom. The quantitative estimate of drug-likeness (QED) is 0.823. The molecule has 2 N–H and O–H groups in total. The average molecular weight is 289 g/mol. The Bertz CT molecular complexity index is 551. The van der Waals surface area contributed by atoms with Gasteiger partial charge < -0.3 is 19.6 Å². The Balaban J connectivity index is 1.77. The first-order valence-electron chi connectivity index (χ1n) is 7.21. The summed E-state index contributed by atoms with van der Waals surface area (Å²) in [6, 6.07) is 9.89. The summed E-state index contributed by atoms with van der Waals surface area (Å²) in [6.45, 7) is 6.74. The number of hydrogen-bond acceptors (Lipinski definition) is 4. The van der Waals surface area contributed by atoms with Crippen molar-refractivity contribution >= 4 is 0 Å². The van der Waals surface area contributed by atoms with Crippen molar-refractivity contribution in [1.82, 2.24) is 5.32 Å². The molecule has 0 radical (unpaired) electrons. The molecule has 0 saturated heterocycles. The molecule has 1 heterocycles. The molecule has 0 amide bonds. The number of furan rings is 1. The van der Waals surface area contributed by atoms with E-state index in [1.165, 1.54) is 0 Å². The van der Waals surface area contributed by atoms with Gasteiger partial charge in [0.2, 0.25) is 0 Å². The van der Waals surface area contributed by atoms with Crippen LogP contribution in [0.15, 0.2) is 41.0 Å². The smallest absolute Gasteiger partial charge is 0.122 e. The molecule has 1 aromatic heterocycles. The fourth-order valence-corrected chi connectivity index (χ4v) is 2.06. The zero-order valence-corrected chi connectivity index (χ0v) is 12.8. The number of aliphatic hydroxyl groups is 1. The van der Waals surface area contributed by atoms with E-state index < -0.39 is 6.10 Å². The number of rotatable bonds is 7. The number of ether oxygens (including phenoxy) is 1. The van der Waals surface area contributed by atoms with Crippen molar-refractivity contribution < 1.29 is 14.3 Å². The number of aliphatic hydroxyl groups excluding tert-OH is 1. The lowest BCUT2D eigenvalue weighted by Crippen LogP contribution is -2.33. The van der Waals surface area contributed by atoms with Crippen LogP contribution >= 0.6 is 0 Å². The van der Waals surface area contributed by atoms with Gasteiger partial charge in [-0.1, -0.05) is 12.1 Å². The molecule has 4 heteroatoms. The third-order valence-electron chi connectivity index (χ3n) is 3.40. The van der Waals surface area contributed by atoms with Gasteiger partial charge in [0, 0.05) is 6.54 Å². The van der Waals surface area contributed by atoms with Gasteiger partial charge in [-0.05, 0) is 50.1 Å². The van der Waals surface area contributed by atoms with Gasteiger partial charge in [0.05, 0.1) is 12.3 Å². The summed E-state index contributed by atoms with van der Waals surface area (Å²) in [5, 5.41) is 13.2. The molecule has 0 aliphatic rings. The van der Waals surface area contributed by atoms with Gasteiger partial charge in [0.1, 0.15) is 24.2 Å². The van der Waals surface area contributed by atoms with E-state index in [-0.39, 0.29) is 12.6 Å². The van der Waals surface area contributed by atoms with Gasteiger partial charge >= 0.3 is 0 Å². The topological polar surface area (TPSA) is 54.6 Å². The van der Waals surface area contributed by atoms with Crippen LogP contribution in [-0.4, -0.2) is 24.4 Å². The Hall–Kier alpha value is -1.78. The van der Waals surface area contributed by atoms with Gasteiger partial charge in [-0.3, -0.25) is 0 Å². The SMILES string of the molecule is Cc1ccc(C)c(OCC(O)CNC(C)c2ccco2)c1. The summed E-state index contributed by atoms with van der Waals surface area (Å²) in [4.78, 5) is 0. The van der Waals surface area contributed by atoms with Crippen molar-refractivity contribution in [2.45, 2.75) is 32.9 Å². The van der Waals surface area contributed by atoms with Gasteiger partial charge in [-0.25, -0.2) is 0 Å². The molecule has 2 unspecified atom stereocenters. The maximum Gasteiger partial charge on any atom is 0.122 e. The monoisotopic (exact) mass is 289 g/mol. The number of nitrogens with one attached hydrogen (secondary N) is 1. The molecule has 0 bridgehead atoms. The average Bonchev–Trinajstić information content (AvgIpc) is 3.00. The van der Waals surface area contributed by atoms with Crippen LogP contribution in [-0.2, 0) is 0 Å². The fraction of sp³-hybridized carbons (Fsp3) is 0.412. The highest BCUT2D eigenvalue weighted by molar-refractivity contribution is 5.35. The molecule has 2 aromatic rings. The molecule has 4 nitrogen and oxygen atoms in total. The summed E-state index contributed by atoms with van der Waals surface area (Å²) in [6.07, 6.45) is 1.08. The van der Waals surface area contributed by atoms with E-state index in [1.807, 2.05) is 51.1 Å². The molecule has 0 spiro atoms. The minimum absolute atomic E-state index is 0.0651. The highest BCUT2D eigenvalue weighted by Crippen LogP contribution is 2.19. The van der Waals surface area contributed by atoms with Gasteiger partial charge in [0.25, 0.3) is 0 Å². The van der Waals surface area contributed by atoms with Gasteiger partial charge in [0.15, 0.2) is 0 Å². The van der Waals surface area contributed by atoms with Crippen molar-refractivity contribution in [2.24, 2.45) is 0 Å². The first-order chi connectivity index (χ1) is 10.1. The van der Waals surface area contributed by atoms with Crippen LogP contribution in [0, 0.1) is 13.8 Å². The lowest BCUT2D eigenvalue weighted by atomic mass is 10.1. The Kier molecular flexibility index (Phi) is 5.42. The third kappa shape index (κ3) is 4.62. The third-order valence-corrected chi connectivity index (χ3v) is 3.40. The highest BCUT2D eigenvalue weighted by Gasteiger charge is 2.11. The van der Waals surface area contributed by atoms with Gasteiger partial charge in [-0.2, -0.15) is 0 Å². The summed E-state index contributed by atoms with van der Waals surface area (Å²) in [5.74, 6) is 1.69. The molecule has 0 fully saturated rings. The largest absolute Gasteiger partial charge is 0.491 e. The number of benzene rings is 1. The maximum atomic E-state index is 10.00. The second kappa shape index (κ2) is 7.29. The van der Waals surface area contributed by atoms with Crippen LogP contribution in [0.4, 0.5) is 0 Å². The first-order valence-corrected chi connectivity index (χ1v) is 7.21. The molecule has 2 rings (SSSR count). The van der Waals surface area contributed by atoms with E-state index in [0.717, 1.165) is 22.6 Å². The fourth-order valence-electron chi connectivity index (χ4n) is 2.06. The molecule has 0 aliphatic carbocycles. The first kappa shape index (κ1) is 15.6. The van der Waals surface area contributed by atoms with Gasteiger partial charge in [-0.15, -0.1) is 0 Å². The normalized spacial score (nSPS) is 13.9. The molecule has 21 heavy (non-hydrogen) atoms. The van der Waals surface area contributed by atoms with Crippen molar-refractivity contribution in [1.29, 1.82) is 0 Å². The van der Waals surface area contributed by atoms with E-state index in [9.17, 15) is 5.11 Å². The molecule has 114 valence electrons. The summed E-state index contributed by atoms with van der Waals surface area (Å²) < 4.78 is 11.0. The Labute approximate surface area is 125 Å². The minimum Gasteiger partial charge on any atom is -0.491 e. The Morgan fingerprint density at radius 1 is 1.29 bits per heavy atom. The van der Waals surface area contributed by atoms with Crippen molar-refractivity contribution in [3.8, 4) is 5.75 Å². The van der Waals surface area contributed by atoms with Crippen LogP contribution in [0.2, 0.25) is 0 Å². The lowest BCUT2D eigenvalue weighted by molar-refractivity contribution is 0.103. The van der Waals surface area contributed by atoms with Crippen molar-refractivity contribution in [2.75, 3.05) is 13.2 Å². The predicted octanol–water partition coefficient (Wildman–Crippen LogP) is 2.99. The zero-order valence-electron chi connectivity index (χ0n) is 12.8. The maximum absolute atomic E-state index is 10.00. The molecular formula is C17H23NO3. The second-order valence-corrected chi connectivity index (χ2v) is 5.38. The molecule has 2 atom stereocenters. The summed E-state index contributed by atoms with van der Waals surface area (Å²) in [5.41, 5.74) is 2.22. The van der Waals surface area contributed by atoms with E-state index in [0.29, 0.717) is 6.54 Å². The van der Waals surface area contributed by atoms with Crippen LogP contribution in [0.5, 0.6) is 5.75 Å². The highest BCUT2D eigenvalue weighted by atomic mass is 16.5. The van der Waals surface area contributed by atoms with Crippen molar-refractivity contribution in [3.63, 3.8) is 0 Å². The molecule has 0 aliphatic heterocycles. The van der Waals surface area contributed by atoms with Crippen LogP contribution in [0.1, 0.15) is 29.9 Å². The molecule has 1 aromatic carbocycles. The number of aryl methyl sites for hydroxylation is 2. The van der Waals surface area contributed by atoms with E-state index in [1.54, 1.807) is 6.26 Å². The van der Waals surface area contributed by atoms with E-state index in [4.69, 9.17) is 9.15 Å². The van der Waals surface area contributed by atoms with E-state index >= 15 is 0 Å². The van der Waals surface area contributed by atoms with E-state index in [2.05, 4.69) is 5.32 Å². The van der Waals surface area contributed by atoms with Crippen LogP contribution < -0.4 is 10.1 Å². The molecular weight excluding hydrogens is 266 g/mol. The number of hydrogen-bond donors (Lipinski definition) is 2. The predicted molar refractivity (Wildman–Crippen MR) is 82.5 cm³/mol. The lowest BCUT2D eigenvalue weighted by Gasteiger charge is -2.17. The van der Waals surface area contributed by atoms with Crippen molar-refractivity contribution in [3.05, 3.63) is 53.5 Å². The molecule has 0 saturated carbocycles. The second-order valence-electron chi connectivity index (χ2n) is 5.38.